The van der Waals surface area contributed by atoms with Gasteiger partial charge in [-0.15, -0.1) is 0 Å². The fourth-order valence-electron chi connectivity index (χ4n) is 1.59. The molecule has 2 N–H and O–H groups in total. The quantitative estimate of drug-likeness (QED) is 0.814. The molecule has 0 spiro atoms. The van der Waals surface area contributed by atoms with E-state index in [4.69, 9.17) is 10.2 Å². The summed E-state index contributed by atoms with van der Waals surface area (Å²) in [5, 5.41) is 0. The third-order valence-corrected chi connectivity index (χ3v) is 2.25. The number of anilines is 1. The van der Waals surface area contributed by atoms with Crippen LogP contribution in [0.25, 0.3) is 11.5 Å². The molecule has 4 nitrogen and oxygen atoms in total. The van der Waals surface area contributed by atoms with Crippen LogP contribution >= 0.6 is 0 Å². The number of aromatic nitrogens is 2. The maximum Gasteiger partial charge on any atom is 0.152 e. The smallest absolute Gasteiger partial charge is 0.152 e. The first-order valence-corrected chi connectivity index (χ1v) is 4.84. The number of hydrogen-bond acceptors (Lipinski definition) is 4. The van der Waals surface area contributed by atoms with Crippen molar-refractivity contribution in [2.75, 3.05) is 5.73 Å². The molecule has 0 atom stereocenters. The molecule has 0 aliphatic heterocycles. The Morgan fingerprint density at radius 2 is 2.13 bits per heavy atom. The minimum atomic E-state index is 0.270. The predicted molar refractivity (Wildman–Crippen MR) is 58.2 cm³/mol. The van der Waals surface area contributed by atoms with E-state index in [0.717, 1.165) is 17.0 Å². The van der Waals surface area contributed by atoms with Gasteiger partial charge in [-0.2, -0.15) is 0 Å². The van der Waals surface area contributed by atoms with Gasteiger partial charge in [0.2, 0.25) is 0 Å². The van der Waals surface area contributed by atoms with Gasteiger partial charge in [0.1, 0.15) is 17.8 Å². The molecule has 0 aliphatic rings. The lowest BCUT2D eigenvalue weighted by atomic mass is 10.0. The fourth-order valence-corrected chi connectivity index (χ4v) is 1.59. The summed E-state index contributed by atoms with van der Waals surface area (Å²) in [6.45, 7) is 4.11. The minimum Gasteiger partial charge on any atom is -0.463 e. The van der Waals surface area contributed by atoms with Crippen LogP contribution in [0.2, 0.25) is 0 Å². The van der Waals surface area contributed by atoms with Crippen molar-refractivity contribution in [1.82, 2.24) is 9.97 Å². The van der Waals surface area contributed by atoms with Crippen molar-refractivity contribution in [2.24, 2.45) is 0 Å². The van der Waals surface area contributed by atoms with Crippen LogP contribution in [0.4, 0.5) is 5.82 Å². The zero-order chi connectivity index (χ0) is 10.8. The molecule has 2 rings (SSSR count). The van der Waals surface area contributed by atoms with Crippen molar-refractivity contribution < 1.29 is 4.42 Å². The number of furan rings is 1. The number of nitrogen functional groups attached to an aromatic ring is 1. The summed E-state index contributed by atoms with van der Waals surface area (Å²) in [6, 6.07) is 3.70. The second-order valence-electron chi connectivity index (χ2n) is 3.65. The van der Waals surface area contributed by atoms with Crippen LogP contribution in [0, 0.1) is 0 Å². The van der Waals surface area contributed by atoms with Gasteiger partial charge in [-0.1, -0.05) is 13.8 Å². The van der Waals surface area contributed by atoms with Crippen molar-refractivity contribution in [3.63, 3.8) is 0 Å². The van der Waals surface area contributed by atoms with Crippen LogP contribution in [0.5, 0.6) is 0 Å². The summed E-state index contributed by atoms with van der Waals surface area (Å²) < 4.78 is 5.32. The summed E-state index contributed by atoms with van der Waals surface area (Å²) >= 11 is 0. The monoisotopic (exact) mass is 203 g/mol. The maximum absolute atomic E-state index is 5.84. The van der Waals surface area contributed by atoms with Gasteiger partial charge in [-0.25, -0.2) is 9.97 Å². The van der Waals surface area contributed by atoms with Crippen LogP contribution < -0.4 is 5.73 Å². The second-order valence-corrected chi connectivity index (χ2v) is 3.65. The van der Waals surface area contributed by atoms with Gasteiger partial charge in [0.15, 0.2) is 5.76 Å². The molecule has 2 heterocycles. The first-order chi connectivity index (χ1) is 7.20. The van der Waals surface area contributed by atoms with Crippen LogP contribution in [-0.2, 0) is 0 Å². The van der Waals surface area contributed by atoms with E-state index >= 15 is 0 Å². The number of hydrogen-bond donors (Lipinski definition) is 1. The number of nitrogens with zero attached hydrogens (tertiary/aromatic N) is 2. The average molecular weight is 203 g/mol. The first kappa shape index (κ1) is 9.71. The second kappa shape index (κ2) is 3.73. The minimum absolute atomic E-state index is 0.270. The van der Waals surface area contributed by atoms with Crippen molar-refractivity contribution in [3.05, 3.63) is 30.3 Å². The van der Waals surface area contributed by atoms with Gasteiger partial charge in [-0.3, -0.25) is 0 Å². The largest absolute Gasteiger partial charge is 0.463 e. The van der Waals surface area contributed by atoms with Crippen molar-refractivity contribution >= 4 is 5.82 Å². The Kier molecular flexibility index (Phi) is 2.41. The zero-order valence-electron chi connectivity index (χ0n) is 8.77. The molecule has 0 saturated heterocycles. The first-order valence-electron chi connectivity index (χ1n) is 4.84. The Morgan fingerprint density at radius 3 is 2.73 bits per heavy atom. The van der Waals surface area contributed by atoms with E-state index in [1.807, 2.05) is 12.1 Å². The highest BCUT2D eigenvalue weighted by Crippen LogP contribution is 2.30. The molecule has 2 aromatic heterocycles. The highest BCUT2D eigenvalue weighted by molar-refractivity contribution is 5.63. The van der Waals surface area contributed by atoms with Gasteiger partial charge in [0.05, 0.1) is 6.26 Å². The molecular formula is C11H13N3O. The Hall–Kier alpha value is -1.84. The van der Waals surface area contributed by atoms with E-state index in [2.05, 4.69) is 23.8 Å². The molecule has 78 valence electrons. The Morgan fingerprint density at radius 1 is 1.33 bits per heavy atom. The van der Waals surface area contributed by atoms with E-state index in [-0.39, 0.29) is 5.92 Å². The fraction of sp³-hybridized carbons (Fsp3) is 0.273. The van der Waals surface area contributed by atoms with E-state index in [1.165, 1.54) is 6.33 Å². The lowest BCUT2D eigenvalue weighted by Gasteiger charge is -2.11. The molecule has 0 amide bonds. The van der Waals surface area contributed by atoms with Gasteiger partial charge in [0, 0.05) is 5.56 Å². The van der Waals surface area contributed by atoms with Crippen LogP contribution in [0.15, 0.2) is 29.1 Å². The Labute approximate surface area is 88.2 Å². The summed E-state index contributed by atoms with van der Waals surface area (Å²) in [5.74, 6) is 1.52. The topological polar surface area (TPSA) is 64.9 Å². The standard InChI is InChI=1S/C11H13N3O/c1-7(2)9-10(8-4-3-5-15-8)13-6-14-11(9)12/h3-7H,1-2H3,(H2,12,13,14). The van der Waals surface area contributed by atoms with Crippen LogP contribution in [-0.4, -0.2) is 9.97 Å². The summed E-state index contributed by atoms with van der Waals surface area (Å²) in [5.41, 5.74) is 7.55. The van der Waals surface area contributed by atoms with Gasteiger partial charge >= 0.3 is 0 Å². The third-order valence-electron chi connectivity index (χ3n) is 2.25. The van der Waals surface area contributed by atoms with E-state index in [9.17, 15) is 0 Å². The van der Waals surface area contributed by atoms with Crippen molar-refractivity contribution in [3.8, 4) is 11.5 Å². The third kappa shape index (κ3) is 1.70. The number of nitrogens with two attached hydrogens (primary N) is 1. The summed E-state index contributed by atoms with van der Waals surface area (Å²) in [7, 11) is 0. The van der Waals surface area contributed by atoms with Gasteiger partial charge in [0.25, 0.3) is 0 Å². The molecule has 0 aliphatic carbocycles. The molecule has 15 heavy (non-hydrogen) atoms. The van der Waals surface area contributed by atoms with E-state index in [1.54, 1.807) is 6.26 Å². The highest BCUT2D eigenvalue weighted by atomic mass is 16.3. The lowest BCUT2D eigenvalue weighted by Crippen LogP contribution is -2.03. The number of rotatable bonds is 2. The average Bonchev–Trinajstić information content (AvgIpc) is 2.69. The molecular weight excluding hydrogens is 190 g/mol. The molecule has 0 bridgehead atoms. The van der Waals surface area contributed by atoms with Crippen LogP contribution in [0.3, 0.4) is 0 Å². The molecule has 0 unspecified atom stereocenters. The molecule has 0 saturated carbocycles. The molecule has 0 aromatic carbocycles. The summed E-state index contributed by atoms with van der Waals surface area (Å²) in [6.07, 6.45) is 3.08. The van der Waals surface area contributed by atoms with Crippen molar-refractivity contribution in [1.29, 1.82) is 0 Å². The SMILES string of the molecule is CC(C)c1c(N)ncnc1-c1ccco1. The van der Waals surface area contributed by atoms with Crippen LogP contribution in [0.1, 0.15) is 25.3 Å². The normalized spacial score (nSPS) is 10.9. The molecule has 0 radical (unpaired) electrons. The Bertz CT molecular complexity index is 449. The van der Waals surface area contributed by atoms with E-state index < -0.39 is 0 Å². The van der Waals surface area contributed by atoms with Crippen molar-refractivity contribution in [2.45, 2.75) is 19.8 Å². The Balaban J connectivity index is 2.61. The zero-order valence-corrected chi connectivity index (χ0v) is 8.77. The predicted octanol–water partition coefficient (Wildman–Crippen LogP) is 2.44. The molecule has 0 fully saturated rings. The van der Waals surface area contributed by atoms with Gasteiger partial charge in [-0.05, 0) is 18.1 Å². The summed E-state index contributed by atoms with van der Waals surface area (Å²) in [4.78, 5) is 8.21. The molecule has 2 aromatic rings. The molecule has 4 heteroatoms. The highest BCUT2D eigenvalue weighted by Gasteiger charge is 2.15. The van der Waals surface area contributed by atoms with Gasteiger partial charge < -0.3 is 10.2 Å². The van der Waals surface area contributed by atoms with E-state index in [0.29, 0.717) is 5.82 Å². The lowest BCUT2D eigenvalue weighted by molar-refractivity contribution is 0.578. The maximum atomic E-state index is 5.84.